The van der Waals surface area contributed by atoms with Crippen LogP contribution in [0.2, 0.25) is 0 Å². The summed E-state index contributed by atoms with van der Waals surface area (Å²) >= 11 is 0. The largest absolute Gasteiger partial charge is 0.375 e. The third-order valence-corrected chi connectivity index (χ3v) is 4.81. The van der Waals surface area contributed by atoms with E-state index in [0.29, 0.717) is 16.8 Å². The van der Waals surface area contributed by atoms with Crippen molar-refractivity contribution in [3.05, 3.63) is 59.7 Å². The highest BCUT2D eigenvalue weighted by Crippen LogP contribution is 2.18. The van der Waals surface area contributed by atoms with Crippen LogP contribution in [0.25, 0.3) is 0 Å². The zero-order chi connectivity index (χ0) is 18.5. The number of rotatable bonds is 5. The Kier molecular flexibility index (Phi) is 5.56. The molecule has 5 nitrogen and oxygen atoms in total. The number of benzene rings is 2. The predicted octanol–water partition coefficient (Wildman–Crippen LogP) is 3.63. The zero-order valence-electron chi connectivity index (χ0n) is 15.4. The van der Waals surface area contributed by atoms with Gasteiger partial charge >= 0.3 is 0 Å². The van der Waals surface area contributed by atoms with Crippen LogP contribution in [-0.4, -0.2) is 43.4 Å². The van der Waals surface area contributed by atoms with Gasteiger partial charge in [-0.1, -0.05) is 6.07 Å². The molecule has 26 heavy (non-hydrogen) atoms. The van der Waals surface area contributed by atoms with Gasteiger partial charge in [-0.15, -0.1) is 0 Å². The van der Waals surface area contributed by atoms with E-state index in [0.717, 1.165) is 38.2 Å². The molecule has 2 aromatic rings. The van der Waals surface area contributed by atoms with E-state index >= 15 is 0 Å². The predicted molar refractivity (Wildman–Crippen MR) is 105 cm³/mol. The van der Waals surface area contributed by atoms with E-state index in [9.17, 15) is 9.59 Å². The molecule has 0 unspecified atom stereocenters. The highest BCUT2D eigenvalue weighted by Gasteiger charge is 2.19. The Morgan fingerprint density at radius 2 is 1.73 bits per heavy atom. The average Bonchev–Trinajstić information content (AvgIpc) is 3.22. The van der Waals surface area contributed by atoms with E-state index in [1.165, 1.54) is 0 Å². The van der Waals surface area contributed by atoms with Gasteiger partial charge in [0.2, 0.25) is 0 Å². The Morgan fingerprint density at radius 3 is 2.38 bits per heavy atom. The molecule has 2 aromatic carbocycles. The van der Waals surface area contributed by atoms with E-state index in [4.69, 9.17) is 0 Å². The summed E-state index contributed by atoms with van der Waals surface area (Å²) in [6, 6.07) is 14.7. The van der Waals surface area contributed by atoms with Crippen LogP contribution in [0.15, 0.2) is 48.5 Å². The second kappa shape index (κ2) is 8.04. The zero-order valence-corrected chi connectivity index (χ0v) is 15.4. The molecule has 1 aliphatic rings. The summed E-state index contributed by atoms with van der Waals surface area (Å²) in [6.07, 6.45) is 2.12. The first-order chi connectivity index (χ1) is 12.6. The minimum Gasteiger partial charge on any atom is -0.375 e. The lowest BCUT2D eigenvalue weighted by atomic mass is 10.1. The fraction of sp³-hybridized carbons (Fsp3) is 0.333. The van der Waals surface area contributed by atoms with Gasteiger partial charge in [-0.25, -0.2) is 0 Å². The van der Waals surface area contributed by atoms with Crippen molar-refractivity contribution in [2.45, 2.75) is 19.8 Å². The molecule has 0 aliphatic carbocycles. The summed E-state index contributed by atoms with van der Waals surface area (Å²) in [7, 11) is 2.01. The van der Waals surface area contributed by atoms with Gasteiger partial charge in [0, 0.05) is 49.2 Å². The highest BCUT2D eigenvalue weighted by molar-refractivity contribution is 6.05. The Balaban J connectivity index is 1.69. The third kappa shape index (κ3) is 4.04. The summed E-state index contributed by atoms with van der Waals surface area (Å²) < 4.78 is 0. The van der Waals surface area contributed by atoms with E-state index in [1.807, 2.05) is 36.2 Å². The smallest absolute Gasteiger partial charge is 0.255 e. The van der Waals surface area contributed by atoms with Crippen LogP contribution in [0.5, 0.6) is 0 Å². The van der Waals surface area contributed by atoms with Gasteiger partial charge in [-0.05, 0) is 62.2 Å². The van der Waals surface area contributed by atoms with Gasteiger partial charge < -0.3 is 15.1 Å². The van der Waals surface area contributed by atoms with Crippen LogP contribution in [0.1, 0.15) is 40.5 Å². The second-order valence-electron chi connectivity index (χ2n) is 6.60. The van der Waals surface area contributed by atoms with Gasteiger partial charge in [-0.3, -0.25) is 9.59 Å². The lowest BCUT2D eigenvalue weighted by molar-refractivity contribution is 0.0792. The summed E-state index contributed by atoms with van der Waals surface area (Å²) in [5.41, 5.74) is 2.91. The molecule has 1 saturated heterocycles. The number of carbonyl (C=O) groups excluding carboxylic acids is 2. The number of nitrogens with one attached hydrogen (secondary N) is 1. The summed E-state index contributed by atoms with van der Waals surface area (Å²) in [5, 5.41) is 2.88. The number of carbonyl (C=O) groups is 2. The van der Waals surface area contributed by atoms with Crippen LogP contribution < -0.4 is 10.2 Å². The van der Waals surface area contributed by atoms with Crippen LogP contribution >= 0.6 is 0 Å². The average molecular weight is 351 g/mol. The maximum Gasteiger partial charge on any atom is 0.255 e. The number of anilines is 2. The Labute approximate surface area is 154 Å². The number of hydrogen-bond donors (Lipinski definition) is 1. The minimum absolute atomic E-state index is 0.0329. The molecule has 1 aliphatic heterocycles. The van der Waals surface area contributed by atoms with Crippen molar-refractivity contribution in [1.29, 1.82) is 0 Å². The molecule has 5 heteroatoms. The van der Waals surface area contributed by atoms with E-state index in [-0.39, 0.29) is 11.8 Å². The first-order valence-corrected chi connectivity index (χ1v) is 9.10. The Hall–Kier alpha value is -2.82. The Bertz CT molecular complexity index is 780. The molecule has 0 radical (unpaired) electrons. The normalized spacial score (nSPS) is 13.5. The molecular weight excluding hydrogens is 326 g/mol. The van der Waals surface area contributed by atoms with Crippen LogP contribution in [0.4, 0.5) is 11.4 Å². The quantitative estimate of drug-likeness (QED) is 0.895. The molecule has 1 fully saturated rings. The SMILES string of the molecule is CCN(C)c1ccc(C(=O)Nc2cccc(C(=O)N3CCCC3)c2)cc1. The Morgan fingerprint density at radius 1 is 1.04 bits per heavy atom. The van der Waals surface area contributed by atoms with Crippen molar-refractivity contribution in [3.8, 4) is 0 Å². The van der Waals surface area contributed by atoms with Crippen molar-refractivity contribution in [3.63, 3.8) is 0 Å². The van der Waals surface area contributed by atoms with Crippen LogP contribution in [0.3, 0.4) is 0 Å². The van der Waals surface area contributed by atoms with Crippen molar-refractivity contribution in [2.24, 2.45) is 0 Å². The minimum atomic E-state index is -0.179. The molecule has 1 N–H and O–H groups in total. The molecule has 0 atom stereocenters. The number of hydrogen-bond acceptors (Lipinski definition) is 3. The molecule has 0 saturated carbocycles. The number of nitrogens with zero attached hydrogens (tertiary/aromatic N) is 2. The second-order valence-corrected chi connectivity index (χ2v) is 6.60. The first-order valence-electron chi connectivity index (χ1n) is 9.10. The van der Waals surface area contributed by atoms with Gasteiger partial charge in [0.05, 0.1) is 0 Å². The van der Waals surface area contributed by atoms with Crippen LogP contribution in [-0.2, 0) is 0 Å². The van der Waals surface area contributed by atoms with E-state index < -0.39 is 0 Å². The van der Waals surface area contributed by atoms with Crippen molar-refractivity contribution < 1.29 is 9.59 Å². The molecule has 136 valence electrons. The summed E-state index contributed by atoms with van der Waals surface area (Å²) in [4.78, 5) is 28.9. The fourth-order valence-electron chi connectivity index (χ4n) is 3.09. The van der Waals surface area contributed by atoms with Gasteiger partial charge in [0.15, 0.2) is 0 Å². The summed E-state index contributed by atoms with van der Waals surface area (Å²) in [6.45, 7) is 4.61. The molecule has 0 aromatic heterocycles. The maximum absolute atomic E-state index is 12.5. The molecule has 3 rings (SSSR count). The van der Waals surface area contributed by atoms with Gasteiger partial charge in [0.1, 0.15) is 0 Å². The molecule has 1 heterocycles. The molecule has 0 bridgehead atoms. The lowest BCUT2D eigenvalue weighted by Gasteiger charge is -2.17. The third-order valence-electron chi connectivity index (χ3n) is 4.81. The van der Waals surface area contributed by atoms with E-state index in [1.54, 1.807) is 24.3 Å². The molecule has 2 amide bonds. The van der Waals surface area contributed by atoms with E-state index in [2.05, 4.69) is 17.1 Å². The number of amides is 2. The maximum atomic E-state index is 12.5. The van der Waals surface area contributed by atoms with Gasteiger partial charge in [-0.2, -0.15) is 0 Å². The standard InChI is InChI=1S/C21H25N3O2/c1-3-23(2)19-11-9-16(10-12-19)20(25)22-18-8-6-7-17(15-18)21(26)24-13-4-5-14-24/h6-12,15H,3-5,13-14H2,1-2H3,(H,22,25). The van der Waals surface area contributed by atoms with Crippen molar-refractivity contribution in [2.75, 3.05) is 36.9 Å². The monoisotopic (exact) mass is 351 g/mol. The first kappa shape index (κ1) is 18.0. The molecular formula is C21H25N3O2. The summed E-state index contributed by atoms with van der Waals surface area (Å²) in [5.74, 6) is -0.146. The molecule has 0 spiro atoms. The van der Waals surface area contributed by atoms with Gasteiger partial charge in [0.25, 0.3) is 11.8 Å². The fourth-order valence-corrected chi connectivity index (χ4v) is 3.09. The van der Waals surface area contributed by atoms with Crippen LogP contribution in [0, 0.1) is 0 Å². The highest BCUT2D eigenvalue weighted by atomic mass is 16.2. The topological polar surface area (TPSA) is 52.7 Å². The number of likely N-dealkylation sites (tertiary alicyclic amines) is 1. The van der Waals surface area contributed by atoms with Crippen molar-refractivity contribution >= 4 is 23.2 Å². The lowest BCUT2D eigenvalue weighted by Crippen LogP contribution is -2.27. The van der Waals surface area contributed by atoms with Crippen molar-refractivity contribution in [1.82, 2.24) is 4.90 Å².